The van der Waals surface area contributed by atoms with Crippen LogP contribution in [0.4, 0.5) is 0 Å². The van der Waals surface area contributed by atoms with Gasteiger partial charge >= 0.3 is 0 Å². The molecule has 0 fully saturated rings. The number of halogens is 1. The number of rotatable bonds is 11. The highest BCUT2D eigenvalue weighted by atomic mass is 79.9. The van der Waals surface area contributed by atoms with Crippen molar-refractivity contribution < 1.29 is 18.9 Å². The third-order valence-corrected chi connectivity index (χ3v) is 3.40. The first-order chi connectivity index (χ1) is 9.83. The van der Waals surface area contributed by atoms with Gasteiger partial charge in [0.2, 0.25) is 0 Å². The van der Waals surface area contributed by atoms with Gasteiger partial charge in [-0.3, -0.25) is 0 Å². The molecular formula is C15H23BrO4. The van der Waals surface area contributed by atoms with Gasteiger partial charge in [0.15, 0.2) is 0 Å². The first-order valence-electron chi connectivity index (χ1n) is 6.70. The van der Waals surface area contributed by atoms with Gasteiger partial charge in [0.1, 0.15) is 5.75 Å². The third-order valence-electron chi connectivity index (χ3n) is 2.81. The summed E-state index contributed by atoms with van der Waals surface area (Å²) in [5, 5.41) is 0.719. The molecule has 0 amide bonds. The molecule has 0 aromatic heterocycles. The molecule has 0 heterocycles. The number of methoxy groups -OCH3 is 2. The zero-order valence-corrected chi connectivity index (χ0v) is 13.7. The molecule has 0 saturated carbocycles. The van der Waals surface area contributed by atoms with Gasteiger partial charge in [0, 0.05) is 31.2 Å². The van der Waals surface area contributed by atoms with E-state index in [1.807, 2.05) is 24.3 Å². The van der Waals surface area contributed by atoms with E-state index in [9.17, 15) is 0 Å². The van der Waals surface area contributed by atoms with E-state index in [0.29, 0.717) is 19.8 Å². The fourth-order valence-corrected chi connectivity index (χ4v) is 2.34. The average molecular weight is 347 g/mol. The molecule has 4 nitrogen and oxygen atoms in total. The predicted octanol–water partition coefficient (Wildman–Crippen LogP) is 3.20. The normalized spacial score (nSPS) is 12.3. The lowest BCUT2D eigenvalue weighted by atomic mass is 10.1. The number of alkyl halides is 1. The fourth-order valence-electron chi connectivity index (χ4n) is 1.81. The van der Waals surface area contributed by atoms with Crippen LogP contribution in [-0.2, 0) is 14.2 Å². The molecular weight excluding hydrogens is 324 g/mol. The Morgan fingerprint density at radius 3 is 2.55 bits per heavy atom. The lowest BCUT2D eigenvalue weighted by molar-refractivity contribution is 0.00905. The van der Waals surface area contributed by atoms with Crippen LogP contribution in [0.3, 0.4) is 0 Å². The summed E-state index contributed by atoms with van der Waals surface area (Å²) in [6, 6.07) is 7.89. The molecule has 0 aliphatic carbocycles. The molecule has 1 aromatic rings. The van der Waals surface area contributed by atoms with Crippen molar-refractivity contribution in [3.05, 3.63) is 29.8 Å². The summed E-state index contributed by atoms with van der Waals surface area (Å²) in [4.78, 5) is 0. The Bertz CT molecular complexity index is 359. The minimum atomic E-state index is -0.0336. The van der Waals surface area contributed by atoms with E-state index in [2.05, 4.69) is 15.9 Å². The van der Waals surface area contributed by atoms with E-state index in [-0.39, 0.29) is 6.10 Å². The van der Waals surface area contributed by atoms with Crippen LogP contribution in [-0.4, -0.2) is 46.0 Å². The summed E-state index contributed by atoms with van der Waals surface area (Å²) < 4.78 is 21.6. The zero-order valence-electron chi connectivity index (χ0n) is 12.1. The molecule has 20 heavy (non-hydrogen) atoms. The number of benzene rings is 1. The maximum atomic E-state index is 5.84. The molecule has 1 atom stereocenters. The molecule has 1 unspecified atom stereocenters. The van der Waals surface area contributed by atoms with Gasteiger partial charge in [0.05, 0.1) is 26.4 Å². The Hall–Kier alpha value is -0.620. The monoisotopic (exact) mass is 346 g/mol. The van der Waals surface area contributed by atoms with Crippen molar-refractivity contribution in [2.75, 3.05) is 46.0 Å². The Labute approximate surface area is 129 Å². The maximum Gasteiger partial charge on any atom is 0.124 e. The second kappa shape index (κ2) is 11.1. The van der Waals surface area contributed by atoms with Crippen molar-refractivity contribution in [1.82, 2.24) is 0 Å². The molecule has 0 bridgehead atoms. The first-order valence-corrected chi connectivity index (χ1v) is 7.82. The maximum absolute atomic E-state index is 5.84. The second-order valence-electron chi connectivity index (χ2n) is 4.21. The first kappa shape index (κ1) is 17.4. The van der Waals surface area contributed by atoms with Gasteiger partial charge in [0.25, 0.3) is 0 Å². The number of hydrogen-bond acceptors (Lipinski definition) is 4. The van der Waals surface area contributed by atoms with Crippen LogP contribution >= 0.6 is 15.9 Å². The van der Waals surface area contributed by atoms with Gasteiger partial charge in [-0.15, -0.1) is 0 Å². The Balaban J connectivity index is 2.32. The minimum Gasteiger partial charge on any atom is -0.496 e. The molecule has 0 aliphatic heterocycles. The summed E-state index contributed by atoms with van der Waals surface area (Å²) in [5.74, 6) is 0.845. The summed E-state index contributed by atoms with van der Waals surface area (Å²) >= 11 is 3.48. The van der Waals surface area contributed by atoms with E-state index in [1.165, 1.54) is 0 Å². The van der Waals surface area contributed by atoms with Crippen LogP contribution in [0.1, 0.15) is 18.1 Å². The van der Waals surface area contributed by atoms with Crippen molar-refractivity contribution in [2.45, 2.75) is 12.5 Å². The summed E-state index contributed by atoms with van der Waals surface area (Å²) in [6.07, 6.45) is 0.874. The fraction of sp³-hybridized carbons (Fsp3) is 0.600. The van der Waals surface area contributed by atoms with Crippen molar-refractivity contribution in [1.29, 1.82) is 0 Å². The highest BCUT2D eigenvalue weighted by molar-refractivity contribution is 9.09. The lowest BCUT2D eigenvalue weighted by Gasteiger charge is -2.18. The van der Waals surface area contributed by atoms with Gasteiger partial charge in [-0.2, -0.15) is 0 Å². The van der Waals surface area contributed by atoms with E-state index in [4.69, 9.17) is 18.9 Å². The van der Waals surface area contributed by atoms with Crippen molar-refractivity contribution in [3.8, 4) is 5.75 Å². The van der Waals surface area contributed by atoms with Crippen LogP contribution in [0.2, 0.25) is 0 Å². The van der Waals surface area contributed by atoms with E-state index in [1.54, 1.807) is 14.2 Å². The molecule has 0 saturated heterocycles. The second-order valence-corrected chi connectivity index (χ2v) is 4.86. The van der Waals surface area contributed by atoms with Crippen LogP contribution in [0.15, 0.2) is 24.3 Å². The topological polar surface area (TPSA) is 36.9 Å². The molecule has 1 rings (SSSR count). The van der Waals surface area contributed by atoms with Gasteiger partial charge in [-0.1, -0.05) is 34.1 Å². The molecule has 0 spiro atoms. The van der Waals surface area contributed by atoms with Crippen molar-refractivity contribution in [3.63, 3.8) is 0 Å². The van der Waals surface area contributed by atoms with E-state index in [0.717, 1.165) is 29.7 Å². The van der Waals surface area contributed by atoms with Gasteiger partial charge < -0.3 is 18.9 Å². The Kier molecular flexibility index (Phi) is 9.66. The predicted molar refractivity (Wildman–Crippen MR) is 82.8 cm³/mol. The highest BCUT2D eigenvalue weighted by Gasteiger charge is 2.14. The highest BCUT2D eigenvalue weighted by Crippen LogP contribution is 2.28. The van der Waals surface area contributed by atoms with Crippen LogP contribution < -0.4 is 4.74 Å². The van der Waals surface area contributed by atoms with Crippen LogP contribution in [0, 0.1) is 0 Å². The third kappa shape index (κ3) is 6.22. The minimum absolute atomic E-state index is 0.0336. The van der Waals surface area contributed by atoms with Gasteiger partial charge in [-0.05, 0) is 12.5 Å². The smallest absolute Gasteiger partial charge is 0.124 e. The van der Waals surface area contributed by atoms with Crippen LogP contribution in [0.25, 0.3) is 0 Å². The van der Waals surface area contributed by atoms with Gasteiger partial charge in [-0.25, -0.2) is 0 Å². The zero-order chi connectivity index (χ0) is 14.6. The summed E-state index contributed by atoms with van der Waals surface area (Å²) in [7, 11) is 3.36. The number of ether oxygens (including phenoxy) is 4. The lowest BCUT2D eigenvalue weighted by Crippen LogP contribution is -2.12. The van der Waals surface area contributed by atoms with Crippen molar-refractivity contribution >= 4 is 15.9 Å². The Morgan fingerprint density at radius 1 is 1.05 bits per heavy atom. The molecule has 5 heteroatoms. The van der Waals surface area contributed by atoms with E-state index >= 15 is 0 Å². The Morgan fingerprint density at radius 2 is 1.85 bits per heavy atom. The number of hydrogen-bond donors (Lipinski definition) is 0. The summed E-state index contributed by atoms with van der Waals surface area (Å²) in [6.45, 7) is 2.57. The van der Waals surface area contributed by atoms with Crippen LogP contribution in [0.5, 0.6) is 5.75 Å². The molecule has 0 N–H and O–H groups in total. The average Bonchev–Trinajstić information content (AvgIpc) is 2.50. The molecule has 1 aromatic carbocycles. The molecule has 0 radical (unpaired) electrons. The molecule has 0 aliphatic rings. The number of para-hydroxylation sites is 1. The quantitative estimate of drug-likeness (QED) is 0.455. The van der Waals surface area contributed by atoms with E-state index < -0.39 is 0 Å². The summed E-state index contributed by atoms with van der Waals surface area (Å²) in [5.41, 5.74) is 1.05. The van der Waals surface area contributed by atoms with Crippen molar-refractivity contribution in [2.24, 2.45) is 0 Å². The largest absolute Gasteiger partial charge is 0.496 e. The SMILES string of the molecule is COCCCOCCOC(CBr)c1ccccc1OC. The molecule has 114 valence electrons. The standard InChI is InChI=1S/C15H23BrO4/c1-17-8-5-9-19-10-11-20-15(12-16)13-6-3-4-7-14(13)18-2/h3-4,6-7,15H,5,8-12H2,1-2H3.